The van der Waals surface area contributed by atoms with Gasteiger partial charge in [0.2, 0.25) is 5.91 Å². The van der Waals surface area contributed by atoms with Crippen LogP contribution in [0.25, 0.3) is 0 Å². The molecule has 0 saturated carbocycles. The van der Waals surface area contributed by atoms with Crippen LogP contribution in [-0.2, 0) is 14.3 Å². The summed E-state index contributed by atoms with van der Waals surface area (Å²) in [5.41, 5.74) is 5.60. The average molecular weight is 243 g/mol. The van der Waals surface area contributed by atoms with Crippen molar-refractivity contribution in [1.82, 2.24) is 10.2 Å². The number of carbonyl (C=O) groups excluding carboxylic acids is 2. The molecule has 0 atom stereocenters. The lowest BCUT2D eigenvalue weighted by atomic mass is 10.1. The van der Waals surface area contributed by atoms with E-state index >= 15 is 0 Å². The number of nitrogens with one attached hydrogen (secondary N) is 1. The van der Waals surface area contributed by atoms with Gasteiger partial charge in [0.05, 0.1) is 13.2 Å². The Hall–Kier alpha value is -1.14. The van der Waals surface area contributed by atoms with E-state index in [1.54, 1.807) is 6.92 Å². The van der Waals surface area contributed by atoms with Crippen LogP contribution in [0.4, 0.5) is 0 Å². The van der Waals surface area contributed by atoms with Crippen LogP contribution in [-0.4, -0.2) is 55.6 Å². The summed E-state index contributed by atoms with van der Waals surface area (Å²) in [5.74, 6) is -0.226. The second kappa shape index (κ2) is 7.24. The topological polar surface area (TPSA) is 84.7 Å². The maximum Gasteiger partial charge on any atom is 0.305 e. The Morgan fingerprint density at radius 2 is 2.18 bits per heavy atom. The quantitative estimate of drug-likeness (QED) is 0.446. The molecule has 1 rings (SSSR count). The van der Waals surface area contributed by atoms with Gasteiger partial charge >= 0.3 is 5.97 Å². The molecule has 0 radical (unpaired) electrons. The largest absolute Gasteiger partial charge is 0.466 e. The van der Waals surface area contributed by atoms with Gasteiger partial charge in [-0.2, -0.15) is 0 Å². The Kier molecular flexibility index (Phi) is 5.93. The smallest absolute Gasteiger partial charge is 0.305 e. The molecule has 17 heavy (non-hydrogen) atoms. The number of nitrogens with zero attached hydrogens (tertiary/aromatic N) is 1. The first kappa shape index (κ1) is 13.9. The van der Waals surface area contributed by atoms with Crippen molar-refractivity contribution in [1.29, 1.82) is 0 Å². The number of ether oxygens (including phenoxy) is 1. The van der Waals surface area contributed by atoms with E-state index in [9.17, 15) is 9.59 Å². The van der Waals surface area contributed by atoms with Crippen LogP contribution in [0.3, 0.4) is 0 Å². The third-order valence-corrected chi connectivity index (χ3v) is 2.54. The van der Waals surface area contributed by atoms with Crippen molar-refractivity contribution in [2.24, 2.45) is 5.73 Å². The Labute approximate surface area is 101 Å². The van der Waals surface area contributed by atoms with Crippen LogP contribution in [0.2, 0.25) is 0 Å². The van der Waals surface area contributed by atoms with Crippen molar-refractivity contribution >= 4 is 11.9 Å². The molecule has 6 nitrogen and oxygen atoms in total. The molecular formula is C11H21N3O3. The Morgan fingerprint density at radius 1 is 1.47 bits per heavy atom. The van der Waals surface area contributed by atoms with E-state index in [4.69, 9.17) is 10.5 Å². The number of hydrogen-bond donors (Lipinski definition) is 2. The predicted octanol–water partition coefficient (Wildman–Crippen LogP) is -0.911. The van der Waals surface area contributed by atoms with Crippen LogP contribution in [0.15, 0.2) is 0 Å². The predicted molar refractivity (Wildman–Crippen MR) is 63.3 cm³/mol. The van der Waals surface area contributed by atoms with Crippen molar-refractivity contribution < 1.29 is 14.3 Å². The monoisotopic (exact) mass is 243 g/mol. The number of amides is 1. The zero-order valence-electron chi connectivity index (χ0n) is 10.3. The van der Waals surface area contributed by atoms with Crippen LogP contribution < -0.4 is 11.1 Å². The summed E-state index contributed by atoms with van der Waals surface area (Å²) in [5, 5.41) is 2.76. The molecule has 3 N–H and O–H groups in total. The number of hydrogen-bond acceptors (Lipinski definition) is 5. The molecule has 1 saturated heterocycles. The van der Waals surface area contributed by atoms with E-state index in [0.29, 0.717) is 32.5 Å². The van der Waals surface area contributed by atoms with E-state index in [1.165, 1.54) is 0 Å². The number of nitrogens with two attached hydrogens (primary N) is 1. The third kappa shape index (κ3) is 5.65. The van der Waals surface area contributed by atoms with Crippen molar-refractivity contribution in [3.63, 3.8) is 0 Å². The number of carbonyl (C=O) groups is 2. The zero-order valence-corrected chi connectivity index (χ0v) is 10.3. The van der Waals surface area contributed by atoms with Gasteiger partial charge in [0.15, 0.2) is 0 Å². The summed E-state index contributed by atoms with van der Waals surface area (Å²) in [6.45, 7) is 4.66. The number of rotatable bonds is 7. The van der Waals surface area contributed by atoms with Crippen LogP contribution in [0.5, 0.6) is 0 Å². The molecule has 98 valence electrons. The first-order valence-electron chi connectivity index (χ1n) is 6.02. The van der Waals surface area contributed by atoms with Crippen LogP contribution in [0.1, 0.15) is 19.8 Å². The molecule has 0 bridgehead atoms. The molecule has 1 heterocycles. The van der Waals surface area contributed by atoms with Gasteiger partial charge in [-0.1, -0.05) is 0 Å². The summed E-state index contributed by atoms with van der Waals surface area (Å²) in [6.07, 6.45) is 0.965. The highest BCUT2D eigenvalue weighted by Gasteiger charge is 2.24. The van der Waals surface area contributed by atoms with Gasteiger partial charge < -0.3 is 15.8 Å². The third-order valence-electron chi connectivity index (χ3n) is 2.54. The van der Waals surface area contributed by atoms with Crippen molar-refractivity contribution in [3.8, 4) is 0 Å². The number of likely N-dealkylation sites (tertiary alicyclic amines) is 1. The van der Waals surface area contributed by atoms with E-state index < -0.39 is 0 Å². The standard InChI is InChI=1S/C11H21N3O3/c1-2-17-11(16)4-3-5-13-10(15)8-14-6-9(12)7-14/h9H,2-8,12H2,1H3,(H,13,15). The minimum absolute atomic E-state index is 0.0132. The van der Waals surface area contributed by atoms with E-state index in [-0.39, 0.29) is 17.9 Å². The average Bonchev–Trinajstić information content (AvgIpc) is 2.23. The first-order valence-corrected chi connectivity index (χ1v) is 6.02. The lowest BCUT2D eigenvalue weighted by Gasteiger charge is -2.36. The summed E-state index contributed by atoms with van der Waals surface area (Å²) < 4.78 is 4.78. The lowest BCUT2D eigenvalue weighted by molar-refractivity contribution is -0.143. The lowest BCUT2D eigenvalue weighted by Crippen LogP contribution is -2.57. The molecule has 1 aliphatic rings. The molecule has 0 aliphatic carbocycles. The summed E-state index contributed by atoms with van der Waals surface area (Å²) >= 11 is 0. The molecule has 6 heteroatoms. The fourth-order valence-corrected chi connectivity index (χ4v) is 1.69. The molecule has 1 amide bonds. The normalized spacial score (nSPS) is 16.4. The highest BCUT2D eigenvalue weighted by atomic mass is 16.5. The zero-order chi connectivity index (χ0) is 12.7. The fraction of sp³-hybridized carbons (Fsp3) is 0.818. The molecule has 0 spiro atoms. The highest BCUT2D eigenvalue weighted by molar-refractivity contribution is 5.78. The minimum atomic E-state index is -0.213. The first-order chi connectivity index (χ1) is 8.11. The van der Waals surface area contributed by atoms with Gasteiger partial charge in [-0.05, 0) is 13.3 Å². The van der Waals surface area contributed by atoms with Gasteiger partial charge in [-0.15, -0.1) is 0 Å². The van der Waals surface area contributed by atoms with Crippen LogP contribution in [0, 0.1) is 0 Å². The summed E-state index contributed by atoms with van der Waals surface area (Å²) in [4.78, 5) is 24.4. The molecule has 0 aromatic rings. The van der Waals surface area contributed by atoms with Crippen LogP contribution >= 0.6 is 0 Å². The molecule has 0 aromatic heterocycles. The molecule has 0 aromatic carbocycles. The maximum atomic E-state index is 11.4. The van der Waals surface area contributed by atoms with Crippen molar-refractivity contribution in [3.05, 3.63) is 0 Å². The minimum Gasteiger partial charge on any atom is -0.466 e. The Bertz CT molecular complexity index is 265. The Morgan fingerprint density at radius 3 is 2.76 bits per heavy atom. The SMILES string of the molecule is CCOC(=O)CCCNC(=O)CN1CC(N)C1. The second-order valence-electron chi connectivity index (χ2n) is 4.21. The maximum absolute atomic E-state index is 11.4. The molecule has 1 aliphatic heterocycles. The van der Waals surface area contributed by atoms with Gasteiger partial charge in [-0.25, -0.2) is 0 Å². The van der Waals surface area contributed by atoms with Gasteiger partial charge in [0, 0.05) is 32.1 Å². The van der Waals surface area contributed by atoms with Gasteiger partial charge in [0.1, 0.15) is 0 Å². The van der Waals surface area contributed by atoms with E-state index in [2.05, 4.69) is 5.32 Å². The molecule has 0 unspecified atom stereocenters. The summed E-state index contributed by atoms with van der Waals surface area (Å²) in [6, 6.07) is 0.214. The fourth-order valence-electron chi connectivity index (χ4n) is 1.69. The summed E-state index contributed by atoms with van der Waals surface area (Å²) in [7, 11) is 0. The van der Waals surface area contributed by atoms with Crippen molar-refractivity contribution in [2.45, 2.75) is 25.8 Å². The second-order valence-corrected chi connectivity index (χ2v) is 4.21. The molecular weight excluding hydrogens is 222 g/mol. The number of esters is 1. The van der Waals surface area contributed by atoms with E-state index in [0.717, 1.165) is 13.1 Å². The Balaban J connectivity index is 1.95. The van der Waals surface area contributed by atoms with Crippen molar-refractivity contribution in [2.75, 3.05) is 32.8 Å². The van der Waals surface area contributed by atoms with Gasteiger partial charge in [0.25, 0.3) is 0 Å². The van der Waals surface area contributed by atoms with E-state index in [1.807, 2.05) is 4.90 Å². The molecule has 1 fully saturated rings. The van der Waals surface area contributed by atoms with Gasteiger partial charge in [-0.3, -0.25) is 14.5 Å². The highest BCUT2D eigenvalue weighted by Crippen LogP contribution is 2.03.